The summed E-state index contributed by atoms with van der Waals surface area (Å²) >= 11 is 6.60. The van der Waals surface area contributed by atoms with Gasteiger partial charge in [0.15, 0.2) is 0 Å². The first-order chi connectivity index (χ1) is 19.9. The zero-order valence-corrected chi connectivity index (χ0v) is 23.9. The minimum atomic E-state index is -0.590. The molecule has 0 aliphatic carbocycles. The average molecular weight is 571 g/mol. The molecule has 0 N–H and O–H groups in total. The molecule has 1 atom stereocenters. The predicted octanol–water partition coefficient (Wildman–Crippen LogP) is 6.14. The minimum Gasteiger partial charge on any atom is -0.492 e. The Bertz CT molecular complexity index is 1560. The molecule has 2 aliphatic rings. The first-order valence-corrected chi connectivity index (χ1v) is 14.2. The van der Waals surface area contributed by atoms with Gasteiger partial charge in [0.2, 0.25) is 0 Å². The highest BCUT2D eigenvalue weighted by Crippen LogP contribution is 2.35. The lowest BCUT2D eigenvalue weighted by Gasteiger charge is -2.29. The van der Waals surface area contributed by atoms with Gasteiger partial charge in [0, 0.05) is 29.5 Å². The molecular weight excluding hydrogens is 540 g/mol. The fourth-order valence-electron chi connectivity index (χ4n) is 4.96. The molecule has 1 fully saturated rings. The van der Waals surface area contributed by atoms with Crippen molar-refractivity contribution < 1.29 is 19.1 Å². The number of para-hydroxylation sites is 1. The highest BCUT2D eigenvalue weighted by molar-refractivity contribution is 6.32. The molecule has 0 bridgehead atoms. The van der Waals surface area contributed by atoms with Gasteiger partial charge in [0.1, 0.15) is 23.1 Å². The second-order valence-corrected chi connectivity index (χ2v) is 10.5. The predicted molar refractivity (Wildman–Crippen MR) is 156 cm³/mol. The van der Waals surface area contributed by atoms with Crippen LogP contribution in [0.3, 0.4) is 0 Å². The molecule has 210 valence electrons. The molecule has 3 aromatic rings. The number of benzene rings is 2. The van der Waals surface area contributed by atoms with Crippen molar-refractivity contribution in [1.82, 2.24) is 14.7 Å². The molecule has 1 aromatic heterocycles. The Morgan fingerprint density at radius 1 is 1.20 bits per heavy atom. The number of aromatic nitrogens is 2. The van der Waals surface area contributed by atoms with Crippen molar-refractivity contribution in [3.63, 3.8) is 0 Å². The van der Waals surface area contributed by atoms with Crippen LogP contribution in [0.25, 0.3) is 23.0 Å². The van der Waals surface area contributed by atoms with E-state index in [1.54, 1.807) is 23.7 Å². The van der Waals surface area contributed by atoms with Crippen LogP contribution in [0.2, 0.25) is 5.02 Å². The van der Waals surface area contributed by atoms with Crippen LogP contribution in [-0.4, -0.2) is 52.4 Å². The van der Waals surface area contributed by atoms with Crippen molar-refractivity contribution in [2.75, 3.05) is 19.8 Å². The van der Waals surface area contributed by atoms with Gasteiger partial charge >= 0.3 is 0 Å². The van der Waals surface area contributed by atoms with E-state index in [-0.39, 0.29) is 23.8 Å². The van der Waals surface area contributed by atoms with Gasteiger partial charge in [-0.15, -0.1) is 0 Å². The maximum atomic E-state index is 13.7. The fraction of sp³-hybridized carbons (Fsp3) is 0.312. The third-order valence-electron chi connectivity index (χ3n) is 7.26. The lowest BCUT2D eigenvalue weighted by molar-refractivity contribution is -0.142. The van der Waals surface area contributed by atoms with Crippen LogP contribution in [0.5, 0.6) is 5.75 Å². The summed E-state index contributed by atoms with van der Waals surface area (Å²) in [6.07, 6.45) is 6.86. The number of rotatable bonds is 9. The normalized spacial score (nSPS) is 18.3. The Labute approximate surface area is 244 Å². The Balaban J connectivity index is 1.59. The van der Waals surface area contributed by atoms with E-state index < -0.39 is 11.8 Å². The van der Waals surface area contributed by atoms with E-state index in [0.717, 1.165) is 41.8 Å². The van der Waals surface area contributed by atoms with Crippen molar-refractivity contribution in [1.29, 1.82) is 5.26 Å². The van der Waals surface area contributed by atoms with Gasteiger partial charge < -0.3 is 9.47 Å². The SMILES string of the molecule is CCCCOc1ccc(-c2nn(-c3ccccc3)cc2/C=C2/C(=O)N(CC3CCCO3)C(=O)C(C#N)=C2C)cc1Cl. The topological polar surface area (TPSA) is 97.4 Å². The van der Waals surface area contributed by atoms with Gasteiger partial charge in [-0.1, -0.05) is 43.1 Å². The zero-order valence-electron chi connectivity index (χ0n) is 23.1. The fourth-order valence-corrected chi connectivity index (χ4v) is 5.20. The maximum Gasteiger partial charge on any atom is 0.271 e. The molecule has 2 amide bonds. The highest BCUT2D eigenvalue weighted by atomic mass is 35.5. The lowest BCUT2D eigenvalue weighted by atomic mass is 9.93. The van der Waals surface area contributed by atoms with E-state index in [1.807, 2.05) is 54.7 Å². The number of amides is 2. The highest BCUT2D eigenvalue weighted by Gasteiger charge is 2.37. The number of nitrogens with zero attached hydrogens (tertiary/aromatic N) is 4. The molecule has 0 saturated carbocycles. The van der Waals surface area contributed by atoms with Gasteiger partial charge in [-0.2, -0.15) is 10.4 Å². The van der Waals surface area contributed by atoms with E-state index in [9.17, 15) is 14.9 Å². The first-order valence-electron chi connectivity index (χ1n) is 13.8. The van der Waals surface area contributed by atoms with Crippen molar-refractivity contribution in [3.8, 4) is 28.8 Å². The number of hydrogen-bond donors (Lipinski definition) is 0. The third kappa shape index (κ3) is 5.97. The van der Waals surface area contributed by atoms with Crippen LogP contribution in [0.15, 0.2) is 71.4 Å². The second kappa shape index (κ2) is 12.5. The summed E-state index contributed by atoms with van der Waals surface area (Å²) in [5.41, 5.74) is 3.33. The molecule has 9 heteroatoms. The standard InChI is InChI=1S/C32H31ClN4O4/c1-3-4-14-41-29-13-12-22(17-28(29)33)30-23(19-37(35-30)24-9-6-5-7-10-24)16-26-21(2)27(18-34)32(39)36(31(26)38)20-25-11-8-15-40-25/h5-7,9-10,12-13,16-17,19,25H,3-4,8,11,14-15,20H2,1-2H3/b26-16+. The summed E-state index contributed by atoms with van der Waals surface area (Å²) in [6.45, 7) is 5.00. The average Bonchev–Trinajstić information content (AvgIpc) is 3.65. The molecule has 41 heavy (non-hydrogen) atoms. The third-order valence-corrected chi connectivity index (χ3v) is 7.55. The van der Waals surface area contributed by atoms with Gasteiger partial charge in [-0.25, -0.2) is 4.68 Å². The molecular formula is C32H31ClN4O4. The lowest BCUT2D eigenvalue weighted by Crippen LogP contribution is -2.46. The summed E-state index contributed by atoms with van der Waals surface area (Å²) in [5.74, 6) is -0.458. The van der Waals surface area contributed by atoms with Crippen LogP contribution in [-0.2, 0) is 14.3 Å². The van der Waals surface area contributed by atoms with E-state index in [0.29, 0.717) is 40.8 Å². The number of ether oxygens (including phenoxy) is 2. The number of nitriles is 1. The number of hydrogen-bond acceptors (Lipinski definition) is 6. The number of unbranched alkanes of at least 4 members (excludes halogenated alkanes) is 1. The van der Waals surface area contributed by atoms with Gasteiger partial charge in [0.05, 0.1) is 30.0 Å². The van der Waals surface area contributed by atoms with Crippen LogP contribution in [0, 0.1) is 11.3 Å². The second-order valence-electron chi connectivity index (χ2n) is 10.1. The quantitative estimate of drug-likeness (QED) is 0.174. The van der Waals surface area contributed by atoms with E-state index in [4.69, 9.17) is 26.2 Å². The van der Waals surface area contributed by atoms with Crippen molar-refractivity contribution >= 4 is 29.5 Å². The molecule has 1 saturated heterocycles. The Morgan fingerprint density at radius 2 is 2.00 bits per heavy atom. The number of halogens is 1. The van der Waals surface area contributed by atoms with E-state index in [1.165, 1.54) is 0 Å². The summed E-state index contributed by atoms with van der Waals surface area (Å²) < 4.78 is 13.2. The Kier molecular flexibility index (Phi) is 8.67. The summed E-state index contributed by atoms with van der Waals surface area (Å²) in [6, 6.07) is 17.1. The monoisotopic (exact) mass is 570 g/mol. The van der Waals surface area contributed by atoms with Crippen molar-refractivity contribution in [2.24, 2.45) is 0 Å². The number of carbonyl (C=O) groups excluding carboxylic acids is 2. The van der Waals surface area contributed by atoms with Crippen LogP contribution >= 0.6 is 11.6 Å². The van der Waals surface area contributed by atoms with Crippen LogP contribution in [0.4, 0.5) is 0 Å². The maximum absolute atomic E-state index is 13.7. The number of carbonyl (C=O) groups is 2. The van der Waals surface area contributed by atoms with Crippen LogP contribution in [0.1, 0.15) is 45.1 Å². The molecule has 0 radical (unpaired) electrons. The Hall–Kier alpha value is -4.19. The molecule has 1 unspecified atom stereocenters. The summed E-state index contributed by atoms with van der Waals surface area (Å²) in [5, 5.41) is 15.1. The zero-order chi connectivity index (χ0) is 28.9. The molecule has 8 nitrogen and oxygen atoms in total. The molecule has 2 aromatic carbocycles. The molecule has 0 spiro atoms. The number of imide groups is 1. The summed E-state index contributed by atoms with van der Waals surface area (Å²) in [7, 11) is 0. The van der Waals surface area contributed by atoms with Gasteiger partial charge in [0.25, 0.3) is 11.8 Å². The molecule has 5 rings (SSSR count). The van der Waals surface area contributed by atoms with E-state index >= 15 is 0 Å². The van der Waals surface area contributed by atoms with E-state index in [2.05, 4.69) is 6.92 Å². The molecule has 3 heterocycles. The minimum absolute atomic E-state index is 0.0533. The Morgan fingerprint density at radius 3 is 2.68 bits per heavy atom. The van der Waals surface area contributed by atoms with Crippen LogP contribution < -0.4 is 4.74 Å². The summed E-state index contributed by atoms with van der Waals surface area (Å²) in [4.78, 5) is 28.0. The largest absolute Gasteiger partial charge is 0.492 e. The molecule has 2 aliphatic heterocycles. The first kappa shape index (κ1) is 28.3. The smallest absolute Gasteiger partial charge is 0.271 e. The van der Waals surface area contributed by atoms with Gasteiger partial charge in [-0.05, 0) is 68.2 Å². The van der Waals surface area contributed by atoms with Gasteiger partial charge in [-0.3, -0.25) is 14.5 Å². The van der Waals surface area contributed by atoms with Crippen molar-refractivity contribution in [2.45, 2.75) is 45.6 Å². The van der Waals surface area contributed by atoms with Crippen molar-refractivity contribution in [3.05, 3.63) is 82.0 Å².